The molecular weight excluding hydrogens is 377 g/mol. The molecule has 0 aliphatic heterocycles. The van der Waals surface area contributed by atoms with E-state index in [-0.39, 0.29) is 5.82 Å². The van der Waals surface area contributed by atoms with E-state index in [1.807, 2.05) is 48.5 Å². The van der Waals surface area contributed by atoms with Gasteiger partial charge in [-0.05, 0) is 54.4 Å². The summed E-state index contributed by atoms with van der Waals surface area (Å²) in [6.45, 7) is 1.72. The minimum Gasteiger partial charge on any atom is -0.418 e. The van der Waals surface area contributed by atoms with Gasteiger partial charge in [0.25, 0.3) is 0 Å². The van der Waals surface area contributed by atoms with Crippen molar-refractivity contribution in [1.29, 1.82) is 0 Å². The quantitative estimate of drug-likeness (QED) is 0.449. The van der Waals surface area contributed by atoms with E-state index >= 15 is 0 Å². The number of anilines is 1. The van der Waals surface area contributed by atoms with Gasteiger partial charge in [-0.25, -0.2) is 4.39 Å². The molecule has 0 spiro atoms. The van der Waals surface area contributed by atoms with Gasteiger partial charge >= 0.3 is 0 Å². The SMILES string of the molecule is Cc1ccc(NC(c2ccc(Cl)cc2)c2nnc(-c3ccccc3)o2)cc1F. The second-order valence-electron chi connectivity index (χ2n) is 6.40. The van der Waals surface area contributed by atoms with Crippen molar-refractivity contribution in [3.05, 3.63) is 101 Å². The zero-order chi connectivity index (χ0) is 19.5. The lowest BCUT2D eigenvalue weighted by atomic mass is 10.1. The molecule has 0 saturated carbocycles. The smallest absolute Gasteiger partial charge is 0.247 e. The van der Waals surface area contributed by atoms with Crippen molar-refractivity contribution in [2.75, 3.05) is 5.32 Å². The van der Waals surface area contributed by atoms with E-state index in [1.165, 1.54) is 6.07 Å². The van der Waals surface area contributed by atoms with Gasteiger partial charge in [0.2, 0.25) is 11.8 Å². The molecule has 0 radical (unpaired) electrons. The fourth-order valence-corrected chi connectivity index (χ4v) is 2.97. The van der Waals surface area contributed by atoms with Crippen LogP contribution in [0.5, 0.6) is 0 Å². The zero-order valence-electron chi connectivity index (χ0n) is 15.1. The molecule has 1 unspecified atom stereocenters. The Kier molecular flexibility index (Phi) is 5.08. The van der Waals surface area contributed by atoms with Gasteiger partial charge in [-0.1, -0.05) is 48.0 Å². The van der Waals surface area contributed by atoms with E-state index in [0.717, 1.165) is 11.1 Å². The van der Waals surface area contributed by atoms with E-state index in [2.05, 4.69) is 15.5 Å². The molecule has 1 heterocycles. The standard InChI is InChI=1S/C22H17ClFN3O/c1-14-7-12-18(13-19(14)24)25-20(15-8-10-17(23)11-9-15)22-27-26-21(28-22)16-5-3-2-4-6-16/h2-13,20,25H,1H3. The second kappa shape index (κ2) is 7.82. The summed E-state index contributed by atoms with van der Waals surface area (Å²) in [6.07, 6.45) is 0. The summed E-state index contributed by atoms with van der Waals surface area (Å²) in [5.41, 5.74) is 2.89. The minimum atomic E-state index is -0.454. The van der Waals surface area contributed by atoms with Crippen LogP contribution in [-0.4, -0.2) is 10.2 Å². The van der Waals surface area contributed by atoms with Crippen LogP contribution in [0.3, 0.4) is 0 Å². The third-order valence-electron chi connectivity index (χ3n) is 4.39. The normalized spacial score (nSPS) is 12.0. The van der Waals surface area contributed by atoms with Gasteiger partial charge < -0.3 is 9.73 Å². The monoisotopic (exact) mass is 393 g/mol. The van der Waals surface area contributed by atoms with E-state index in [1.54, 1.807) is 25.1 Å². The largest absolute Gasteiger partial charge is 0.418 e. The number of aromatic nitrogens is 2. The minimum absolute atomic E-state index is 0.282. The first-order chi connectivity index (χ1) is 13.6. The first-order valence-electron chi connectivity index (χ1n) is 8.77. The van der Waals surface area contributed by atoms with Gasteiger partial charge in [-0.2, -0.15) is 0 Å². The molecule has 0 amide bonds. The highest BCUT2D eigenvalue weighted by Crippen LogP contribution is 2.29. The Morgan fingerprint density at radius 3 is 2.43 bits per heavy atom. The predicted molar refractivity (Wildman–Crippen MR) is 108 cm³/mol. The van der Waals surface area contributed by atoms with E-state index < -0.39 is 6.04 Å². The molecule has 4 aromatic rings. The number of rotatable bonds is 5. The highest BCUT2D eigenvalue weighted by Gasteiger charge is 2.22. The zero-order valence-corrected chi connectivity index (χ0v) is 15.8. The lowest BCUT2D eigenvalue weighted by Gasteiger charge is -2.17. The Morgan fingerprint density at radius 1 is 0.964 bits per heavy atom. The number of nitrogens with zero attached hydrogens (tertiary/aromatic N) is 2. The van der Waals surface area contributed by atoms with Crippen LogP contribution in [0.2, 0.25) is 5.02 Å². The molecule has 0 fully saturated rings. The predicted octanol–water partition coefficient (Wildman–Crippen LogP) is 6.04. The van der Waals surface area contributed by atoms with Gasteiger partial charge in [-0.3, -0.25) is 0 Å². The number of hydrogen-bond donors (Lipinski definition) is 1. The summed E-state index contributed by atoms with van der Waals surface area (Å²) < 4.78 is 19.9. The first-order valence-corrected chi connectivity index (χ1v) is 9.15. The number of hydrogen-bond acceptors (Lipinski definition) is 4. The van der Waals surface area contributed by atoms with Gasteiger partial charge in [0.05, 0.1) is 0 Å². The van der Waals surface area contributed by atoms with Gasteiger partial charge in [-0.15, -0.1) is 10.2 Å². The molecule has 1 N–H and O–H groups in total. The van der Waals surface area contributed by atoms with E-state index in [9.17, 15) is 4.39 Å². The Labute approximate surface area is 167 Å². The molecule has 0 aliphatic rings. The number of benzene rings is 3. The highest BCUT2D eigenvalue weighted by atomic mass is 35.5. The van der Waals surface area contributed by atoms with E-state index in [0.29, 0.717) is 28.1 Å². The molecule has 1 atom stereocenters. The van der Waals surface area contributed by atoms with Crippen molar-refractivity contribution in [3.8, 4) is 11.5 Å². The maximum atomic E-state index is 14.0. The molecule has 4 rings (SSSR count). The van der Waals surface area contributed by atoms with Crippen molar-refractivity contribution < 1.29 is 8.81 Å². The molecule has 140 valence electrons. The van der Waals surface area contributed by atoms with Crippen molar-refractivity contribution in [2.45, 2.75) is 13.0 Å². The topological polar surface area (TPSA) is 51.0 Å². The molecule has 0 bridgehead atoms. The molecule has 0 saturated heterocycles. The molecule has 4 nitrogen and oxygen atoms in total. The Morgan fingerprint density at radius 2 is 1.71 bits per heavy atom. The fraction of sp³-hybridized carbons (Fsp3) is 0.0909. The lowest BCUT2D eigenvalue weighted by molar-refractivity contribution is 0.494. The summed E-state index contributed by atoms with van der Waals surface area (Å²) in [5.74, 6) is 0.518. The van der Waals surface area contributed by atoms with Crippen LogP contribution in [0.25, 0.3) is 11.5 Å². The third-order valence-corrected chi connectivity index (χ3v) is 4.65. The van der Waals surface area contributed by atoms with Crippen molar-refractivity contribution in [1.82, 2.24) is 10.2 Å². The molecule has 0 aliphatic carbocycles. The highest BCUT2D eigenvalue weighted by molar-refractivity contribution is 6.30. The van der Waals surface area contributed by atoms with Crippen LogP contribution < -0.4 is 5.32 Å². The second-order valence-corrected chi connectivity index (χ2v) is 6.84. The Balaban J connectivity index is 1.71. The number of halogens is 2. The van der Waals surface area contributed by atoms with Crippen LogP contribution in [0.1, 0.15) is 23.1 Å². The molecule has 1 aromatic heterocycles. The van der Waals surface area contributed by atoms with Crippen molar-refractivity contribution in [3.63, 3.8) is 0 Å². The van der Waals surface area contributed by atoms with Gasteiger partial charge in [0.15, 0.2) is 0 Å². The summed E-state index contributed by atoms with van der Waals surface area (Å²) in [6, 6.07) is 21.4. The summed E-state index contributed by atoms with van der Waals surface area (Å²) in [5, 5.41) is 12.3. The van der Waals surface area contributed by atoms with Crippen LogP contribution in [-0.2, 0) is 0 Å². The Hall–Kier alpha value is -3.18. The first kappa shape index (κ1) is 18.2. The number of aryl methyl sites for hydroxylation is 1. The average Bonchev–Trinajstić information content (AvgIpc) is 3.20. The molecule has 3 aromatic carbocycles. The fourth-order valence-electron chi connectivity index (χ4n) is 2.84. The van der Waals surface area contributed by atoms with Crippen LogP contribution in [0, 0.1) is 12.7 Å². The van der Waals surface area contributed by atoms with E-state index in [4.69, 9.17) is 16.0 Å². The molecule has 6 heteroatoms. The van der Waals surface area contributed by atoms with Gasteiger partial charge in [0, 0.05) is 16.3 Å². The van der Waals surface area contributed by atoms with Crippen LogP contribution >= 0.6 is 11.6 Å². The Bertz CT molecular complexity index is 1080. The third kappa shape index (κ3) is 3.89. The van der Waals surface area contributed by atoms with Crippen molar-refractivity contribution in [2.24, 2.45) is 0 Å². The number of nitrogens with one attached hydrogen (secondary N) is 1. The van der Waals surface area contributed by atoms with Crippen LogP contribution in [0.15, 0.2) is 77.2 Å². The average molecular weight is 394 g/mol. The van der Waals surface area contributed by atoms with Crippen LogP contribution in [0.4, 0.5) is 10.1 Å². The summed E-state index contributed by atoms with van der Waals surface area (Å²) >= 11 is 6.02. The van der Waals surface area contributed by atoms with Crippen molar-refractivity contribution >= 4 is 17.3 Å². The maximum Gasteiger partial charge on any atom is 0.247 e. The lowest BCUT2D eigenvalue weighted by Crippen LogP contribution is -2.13. The van der Waals surface area contributed by atoms with Gasteiger partial charge in [0.1, 0.15) is 11.9 Å². The maximum absolute atomic E-state index is 14.0. The molecule has 28 heavy (non-hydrogen) atoms. The summed E-state index contributed by atoms with van der Waals surface area (Å²) in [4.78, 5) is 0. The molecular formula is C22H17ClFN3O. The summed E-state index contributed by atoms with van der Waals surface area (Å²) in [7, 11) is 0.